The number of nitrogens with zero attached hydrogens (tertiary/aromatic N) is 2. The van der Waals surface area contributed by atoms with Gasteiger partial charge in [-0.15, -0.1) is 0 Å². The van der Waals surface area contributed by atoms with E-state index < -0.39 is 11.4 Å². The molecule has 6 nitrogen and oxygen atoms in total. The zero-order chi connectivity index (χ0) is 18.8. The molecule has 0 unspecified atom stereocenters. The fourth-order valence-corrected chi connectivity index (χ4v) is 2.90. The van der Waals surface area contributed by atoms with Gasteiger partial charge in [0.25, 0.3) is 5.56 Å². The third-order valence-corrected chi connectivity index (χ3v) is 4.23. The van der Waals surface area contributed by atoms with Crippen LogP contribution in [0, 0.1) is 5.82 Å². The van der Waals surface area contributed by atoms with Crippen molar-refractivity contribution in [1.29, 1.82) is 0 Å². The van der Waals surface area contributed by atoms with Gasteiger partial charge in [-0.3, -0.25) is 19.4 Å². The highest BCUT2D eigenvalue weighted by Gasteiger charge is 2.17. The monoisotopic (exact) mass is 354 g/mol. The number of carbonyl (C=O) groups excluding carboxylic acids is 2. The number of ether oxygens (including phenoxy) is 1. The van der Waals surface area contributed by atoms with E-state index >= 15 is 0 Å². The first-order chi connectivity index (χ1) is 12.5. The minimum atomic E-state index is -0.487. The Balaban J connectivity index is 2.16. The normalized spacial score (nSPS) is 10.7. The minimum Gasteiger partial charge on any atom is -0.493 e. The lowest BCUT2D eigenvalue weighted by molar-refractivity contribution is 0.111. The molecule has 132 valence electrons. The summed E-state index contributed by atoms with van der Waals surface area (Å²) in [4.78, 5) is 39.0. The largest absolute Gasteiger partial charge is 0.493 e. The van der Waals surface area contributed by atoms with Gasteiger partial charge < -0.3 is 9.30 Å². The van der Waals surface area contributed by atoms with E-state index in [1.165, 1.54) is 30.9 Å². The Morgan fingerprint density at radius 2 is 2.00 bits per heavy atom. The number of benzene rings is 1. The number of fused-ring (bicyclic) bond motifs is 1. The summed E-state index contributed by atoms with van der Waals surface area (Å²) in [6, 6.07) is 5.73. The van der Waals surface area contributed by atoms with Crippen LogP contribution in [0.2, 0.25) is 0 Å². The Hall–Kier alpha value is -3.35. The van der Waals surface area contributed by atoms with Crippen molar-refractivity contribution in [3.63, 3.8) is 0 Å². The number of methoxy groups -OCH3 is 1. The molecule has 0 aliphatic carbocycles. The van der Waals surface area contributed by atoms with E-state index in [-0.39, 0.29) is 16.9 Å². The third kappa shape index (κ3) is 2.88. The van der Waals surface area contributed by atoms with Crippen LogP contribution in [0.3, 0.4) is 0 Å². The van der Waals surface area contributed by atoms with E-state index in [2.05, 4.69) is 4.98 Å². The first-order valence-electron chi connectivity index (χ1n) is 7.74. The van der Waals surface area contributed by atoms with Crippen LogP contribution in [0.15, 0.2) is 35.3 Å². The highest BCUT2D eigenvalue weighted by Crippen LogP contribution is 2.26. The van der Waals surface area contributed by atoms with Crippen molar-refractivity contribution in [1.82, 2.24) is 9.55 Å². The van der Waals surface area contributed by atoms with Gasteiger partial charge in [0, 0.05) is 18.8 Å². The summed E-state index contributed by atoms with van der Waals surface area (Å²) < 4.78 is 19.8. The molecule has 0 atom stereocenters. The van der Waals surface area contributed by atoms with Gasteiger partial charge >= 0.3 is 0 Å². The molecule has 0 radical (unpaired) electrons. The number of rotatable bonds is 5. The average molecular weight is 354 g/mol. The molecule has 0 N–H and O–H groups in total. The molecule has 7 heteroatoms. The maximum absolute atomic E-state index is 13.3. The standard InChI is InChI=1S/C19H15FN2O4/c1-22-16-6-11(5-12-3-4-14(20)7-13(12)9-23)8-21-17(16)18(26-2)15(10-24)19(22)25/h3-4,6-10H,5H2,1-2H3. The number of halogens is 1. The molecule has 0 saturated carbocycles. The summed E-state index contributed by atoms with van der Waals surface area (Å²) in [5.41, 5.74) is 1.92. The second kappa shape index (κ2) is 6.87. The lowest BCUT2D eigenvalue weighted by atomic mass is 10.0. The first-order valence-corrected chi connectivity index (χ1v) is 7.74. The molecule has 3 rings (SSSR count). The van der Waals surface area contributed by atoms with Crippen molar-refractivity contribution < 1.29 is 18.7 Å². The van der Waals surface area contributed by atoms with Crippen LogP contribution in [0.5, 0.6) is 5.75 Å². The molecular weight excluding hydrogens is 339 g/mol. The van der Waals surface area contributed by atoms with Gasteiger partial charge in [-0.25, -0.2) is 4.39 Å². The lowest BCUT2D eigenvalue weighted by Gasteiger charge is -2.12. The molecule has 3 aromatic rings. The van der Waals surface area contributed by atoms with E-state index in [4.69, 9.17) is 4.74 Å². The summed E-state index contributed by atoms with van der Waals surface area (Å²) >= 11 is 0. The summed E-state index contributed by atoms with van der Waals surface area (Å²) in [5, 5.41) is 0. The molecule has 2 aromatic heterocycles. The smallest absolute Gasteiger partial charge is 0.265 e. The maximum atomic E-state index is 13.3. The first kappa shape index (κ1) is 17.5. The van der Waals surface area contributed by atoms with E-state index in [1.807, 2.05) is 0 Å². The molecule has 0 aliphatic rings. The summed E-state index contributed by atoms with van der Waals surface area (Å²) in [6.45, 7) is 0. The second-order valence-electron chi connectivity index (χ2n) is 5.78. The molecule has 0 saturated heterocycles. The fraction of sp³-hybridized carbons (Fsp3) is 0.158. The number of hydrogen-bond donors (Lipinski definition) is 0. The molecule has 0 bridgehead atoms. The highest BCUT2D eigenvalue weighted by molar-refractivity contribution is 5.91. The average Bonchev–Trinajstić information content (AvgIpc) is 2.65. The molecule has 0 fully saturated rings. The molecular formula is C19H15FN2O4. The maximum Gasteiger partial charge on any atom is 0.265 e. The quantitative estimate of drug-likeness (QED) is 0.657. The van der Waals surface area contributed by atoms with Crippen LogP contribution in [0.1, 0.15) is 31.8 Å². The van der Waals surface area contributed by atoms with E-state index in [0.717, 1.165) is 5.56 Å². The molecule has 1 aromatic carbocycles. The van der Waals surface area contributed by atoms with Crippen LogP contribution in [-0.4, -0.2) is 29.2 Å². The SMILES string of the molecule is COc1c(C=O)c(=O)n(C)c2cc(Cc3ccc(F)cc3C=O)cnc12. The molecule has 0 spiro atoms. The number of aldehydes is 2. The van der Waals surface area contributed by atoms with Crippen LogP contribution in [0.25, 0.3) is 11.0 Å². The van der Waals surface area contributed by atoms with Gasteiger partial charge in [0.05, 0.1) is 12.6 Å². The van der Waals surface area contributed by atoms with E-state index in [0.29, 0.717) is 35.6 Å². The number of carbonyl (C=O) groups is 2. The van der Waals surface area contributed by atoms with Crippen LogP contribution < -0.4 is 10.3 Å². The van der Waals surface area contributed by atoms with Crippen molar-refractivity contribution >= 4 is 23.6 Å². The minimum absolute atomic E-state index is 0.0930. The topological polar surface area (TPSA) is 78.3 Å². The molecule has 2 heterocycles. The Labute approximate surface area is 147 Å². The lowest BCUT2D eigenvalue weighted by Crippen LogP contribution is -2.22. The fourth-order valence-electron chi connectivity index (χ4n) is 2.90. The zero-order valence-electron chi connectivity index (χ0n) is 14.2. The number of aromatic nitrogens is 2. The second-order valence-corrected chi connectivity index (χ2v) is 5.78. The summed E-state index contributed by atoms with van der Waals surface area (Å²) in [7, 11) is 2.91. The van der Waals surface area contributed by atoms with Crippen molar-refractivity contribution in [2.45, 2.75) is 6.42 Å². The number of pyridine rings is 2. The predicted octanol–water partition coefficient (Wildman–Crippen LogP) is 2.30. The van der Waals surface area contributed by atoms with Crippen LogP contribution in [0.4, 0.5) is 4.39 Å². The van der Waals surface area contributed by atoms with Gasteiger partial charge in [-0.2, -0.15) is 0 Å². The van der Waals surface area contributed by atoms with Crippen molar-refractivity contribution in [2.24, 2.45) is 7.05 Å². The van der Waals surface area contributed by atoms with Gasteiger partial charge in [-0.05, 0) is 35.7 Å². The molecule has 0 aliphatic heterocycles. The summed E-state index contributed by atoms with van der Waals surface area (Å²) in [5.74, 6) is -0.360. The Morgan fingerprint density at radius 1 is 1.23 bits per heavy atom. The molecule has 26 heavy (non-hydrogen) atoms. The van der Waals surface area contributed by atoms with Gasteiger partial charge in [0.2, 0.25) is 0 Å². The predicted molar refractivity (Wildman–Crippen MR) is 93.5 cm³/mol. The highest BCUT2D eigenvalue weighted by atomic mass is 19.1. The number of hydrogen-bond acceptors (Lipinski definition) is 5. The molecule has 0 amide bonds. The van der Waals surface area contributed by atoms with Crippen molar-refractivity contribution in [2.75, 3.05) is 7.11 Å². The Bertz CT molecular complexity index is 1090. The zero-order valence-corrected chi connectivity index (χ0v) is 14.2. The number of aryl methyl sites for hydroxylation is 1. The van der Waals surface area contributed by atoms with Gasteiger partial charge in [-0.1, -0.05) is 6.07 Å². The van der Waals surface area contributed by atoms with E-state index in [1.54, 1.807) is 18.3 Å². The van der Waals surface area contributed by atoms with Gasteiger partial charge in [0.1, 0.15) is 23.2 Å². The van der Waals surface area contributed by atoms with Crippen LogP contribution in [-0.2, 0) is 13.5 Å². The van der Waals surface area contributed by atoms with E-state index in [9.17, 15) is 18.8 Å². The van der Waals surface area contributed by atoms with Crippen molar-refractivity contribution in [3.05, 3.63) is 68.9 Å². The Kier molecular flexibility index (Phi) is 4.62. The Morgan fingerprint density at radius 3 is 2.65 bits per heavy atom. The third-order valence-electron chi connectivity index (χ3n) is 4.23. The summed E-state index contributed by atoms with van der Waals surface area (Å²) in [6.07, 6.45) is 2.96. The van der Waals surface area contributed by atoms with Crippen LogP contribution >= 0.6 is 0 Å². The van der Waals surface area contributed by atoms with Crippen molar-refractivity contribution in [3.8, 4) is 5.75 Å². The van der Waals surface area contributed by atoms with Gasteiger partial charge in [0.15, 0.2) is 12.0 Å².